The maximum Gasteiger partial charge on any atom is 0.0485 e. The highest BCUT2D eigenvalue weighted by molar-refractivity contribution is 5.20. The van der Waals surface area contributed by atoms with Crippen molar-refractivity contribution in [2.24, 2.45) is 5.92 Å². The Morgan fingerprint density at radius 3 is 2.75 bits per heavy atom. The first-order chi connectivity index (χ1) is 9.60. The molecule has 0 aliphatic rings. The van der Waals surface area contributed by atoms with E-state index in [9.17, 15) is 0 Å². The van der Waals surface area contributed by atoms with Crippen LogP contribution in [0.5, 0.6) is 0 Å². The number of aromatic nitrogens is 2. The SMILES string of the molecule is CCNC(c1ccn(Cc2cncc(C)c2)c1)C(C)C. The van der Waals surface area contributed by atoms with Gasteiger partial charge in [0.2, 0.25) is 0 Å². The molecule has 3 heteroatoms. The highest BCUT2D eigenvalue weighted by atomic mass is 15.0. The molecular weight excluding hydrogens is 246 g/mol. The van der Waals surface area contributed by atoms with Crippen LogP contribution in [-0.2, 0) is 6.54 Å². The number of pyridine rings is 1. The van der Waals surface area contributed by atoms with Crippen LogP contribution in [-0.4, -0.2) is 16.1 Å². The normalized spacial score (nSPS) is 12.8. The van der Waals surface area contributed by atoms with E-state index >= 15 is 0 Å². The van der Waals surface area contributed by atoms with Crippen LogP contribution in [0.4, 0.5) is 0 Å². The van der Waals surface area contributed by atoms with Gasteiger partial charge < -0.3 is 9.88 Å². The van der Waals surface area contributed by atoms with Gasteiger partial charge in [-0.05, 0) is 42.1 Å². The van der Waals surface area contributed by atoms with Crippen LogP contribution in [0.25, 0.3) is 0 Å². The quantitative estimate of drug-likeness (QED) is 0.871. The van der Waals surface area contributed by atoms with Crippen LogP contribution in [0.2, 0.25) is 0 Å². The molecular formula is C17H25N3. The lowest BCUT2D eigenvalue weighted by molar-refractivity contribution is 0.421. The Morgan fingerprint density at radius 2 is 2.10 bits per heavy atom. The van der Waals surface area contributed by atoms with Gasteiger partial charge in [-0.1, -0.05) is 26.8 Å². The minimum Gasteiger partial charge on any atom is -0.350 e. The highest BCUT2D eigenvalue weighted by Crippen LogP contribution is 2.22. The van der Waals surface area contributed by atoms with Crippen LogP contribution in [0, 0.1) is 12.8 Å². The minimum absolute atomic E-state index is 0.428. The summed E-state index contributed by atoms with van der Waals surface area (Å²) in [6.45, 7) is 10.6. The molecule has 0 bridgehead atoms. The van der Waals surface area contributed by atoms with Gasteiger partial charge in [-0.3, -0.25) is 4.98 Å². The lowest BCUT2D eigenvalue weighted by Crippen LogP contribution is -2.25. The van der Waals surface area contributed by atoms with E-state index in [-0.39, 0.29) is 0 Å². The van der Waals surface area contributed by atoms with Crippen molar-refractivity contribution in [2.75, 3.05) is 6.54 Å². The van der Waals surface area contributed by atoms with Crippen LogP contribution in [0.3, 0.4) is 0 Å². The zero-order valence-electron chi connectivity index (χ0n) is 12.9. The summed E-state index contributed by atoms with van der Waals surface area (Å²) in [4.78, 5) is 4.25. The van der Waals surface area contributed by atoms with Crippen LogP contribution < -0.4 is 5.32 Å². The second-order valence-electron chi connectivity index (χ2n) is 5.77. The van der Waals surface area contributed by atoms with Crippen molar-refractivity contribution in [2.45, 2.75) is 40.3 Å². The van der Waals surface area contributed by atoms with E-state index in [0.29, 0.717) is 12.0 Å². The molecule has 0 aliphatic heterocycles. The Kier molecular flexibility index (Phi) is 4.96. The molecule has 0 saturated carbocycles. The molecule has 0 saturated heterocycles. The molecule has 1 unspecified atom stereocenters. The average molecular weight is 271 g/mol. The molecule has 2 aromatic rings. The van der Waals surface area contributed by atoms with E-state index in [4.69, 9.17) is 0 Å². The van der Waals surface area contributed by atoms with Gasteiger partial charge in [0.15, 0.2) is 0 Å². The van der Waals surface area contributed by atoms with Gasteiger partial charge in [0.25, 0.3) is 0 Å². The summed E-state index contributed by atoms with van der Waals surface area (Å²) in [6, 6.07) is 4.84. The second-order valence-corrected chi connectivity index (χ2v) is 5.77. The van der Waals surface area contributed by atoms with Crippen molar-refractivity contribution in [1.29, 1.82) is 0 Å². The maximum atomic E-state index is 4.25. The van der Waals surface area contributed by atoms with Gasteiger partial charge >= 0.3 is 0 Å². The van der Waals surface area contributed by atoms with E-state index in [1.165, 1.54) is 16.7 Å². The molecule has 0 radical (unpaired) electrons. The molecule has 0 fully saturated rings. The fourth-order valence-corrected chi connectivity index (χ4v) is 2.61. The Labute approximate surface area is 122 Å². The zero-order chi connectivity index (χ0) is 14.5. The third-order valence-corrected chi connectivity index (χ3v) is 3.52. The van der Waals surface area contributed by atoms with Crippen LogP contribution in [0.1, 0.15) is 43.5 Å². The number of nitrogens with one attached hydrogen (secondary N) is 1. The average Bonchev–Trinajstić information content (AvgIpc) is 2.83. The summed E-state index contributed by atoms with van der Waals surface area (Å²) in [5, 5.41) is 3.56. The van der Waals surface area contributed by atoms with Crippen molar-refractivity contribution in [1.82, 2.24) is 14.9 Å². The van der Waals surface area contributed by atoms with E-state index < -0.39 is 0 Å². The molecule has 1 N–H and O–H groups in total. The molecule has 0 amide bonds. The lowest BCUT2D eigenvalue weighted by Gasteiger charge is -2.20. The fraction of sp³-hybridized carbons (Fsp3) is 0.471. The summed E-state index contributed by atoms with van der Waals surface area (Å²) in [6.07, 6.45) is 8.24. The Morgan fingerprint density at radius 1 is 1.30 bits per heavy atom. The molecule has 2 rings (SSSR count). The first-order valence-corrected chi connectivity index (χ1v) is 7.39. The molecule has 2 heterocycles. The highest BCUT2D eigenvalue weighted by Gasteiger charge is 2.15. The van der Waals surface area contributed by atoms with Crippen molar-refractivity contribution in [3.8, 4) is 0 Å². The van der Waals surface area contributed by atoms with Crippen molar-refractivity contribution in [3.05, 3.63) is 53.6 Å². The van der Waals surface area contributed by atoms with Crippen molar-refractivity contribution < 1.29 is 0 Å². The Bertz CT molecular complexity index is 543. The molecule has 108 valence electrons. The Balaban J connectivity index is 2.12. The van der Waals surface area contributed by atoms with Gasteiger partial charge in [-0.2, -0.15) is 0 Å². The third kappa shape index (κ3) is 3.70. The molecule has 20 heavy (non-hydrogen) atoms. The molecule has 0 aliphatic carbocycles. The first-order valence-electron chi connectivity index (χ1n) is 7.39. The maximum absolute atomic E-state index is 4.25. The van der Waals surface area contributed by atoms with E-state index in [2.05, 4.69) is 67.1 Å². The van der Waals surface area contributed by atoms with Gasteiger partial charge in [-0.15, -0.1) is 0 Å². The van der Waals surface area contributed by atoms with Crippen molar-refractivity contribution >= 4 is 0 Å². The molecule has 0 aromatic carbocycles. The second kappa shape index (κ2) is 6.71. The lowest BCUT2D eigenvalue weighted by atomic mass is 9.98. The minimum atomic E-state index is 0.428. The fourth-order valence-electron chi connectivity index (χ4n) is 2.61. The number of rotatable bonds is 6. The number of nitrogens with zero attached hydrogens (tertiary/aromatic N) is 2. The predicted octanol–water partition coefficient (Wildman–Crippen LogP) is 3.55. The van der Waals surface area contributed by atoms with Crippen LogP contribution >= 0.6 is 0 Å². The van der Waals surface area contributed by atoms with Gasteiger partial charge in [-0.25, -0.2) is 0 Å². The van der Waals surface area contributed by atoms with Gasteiger partial charge in [0.1, 0.15) is 0 Å². The van der Waals surface area contributed by atoms with E-state index in [1.807, 2.05) is 12.4 Å². The molecule has 3 nitrogen and oxygen atoms in total. The van der Waals surface area contributed by atoms with Crippen LogP contribution in [0.15, 0.2) is 36.9 Å². The monoisotopic (exact) mass is 271 g/mol. The third-order valence-electron chi connectivity index (χ3n) is 3.52. The van der Waals surface area contributed by atoms with Gasteiger partial charge in [0.05, 0.1) is 0 Å². The molecule has 1 atom stereocenters. The topological polar surface area (TPSA) is 29.9 Å². The molecule has 0 spiro atoms. The standard InChI is InChI=1S/C17H25N3/c1-5-19-17(13(2)3)16-6-7-20(12-16)11-15-8-14(4)9-18-10-15/h6-10,12-13,17,19H,5,11H2,1-4H3. The van der Waals surface area contributed by atoms with Crippen molar-refractivity contribution in [3.63, 3.8) is 0 Å². The molecule has 2 aromatic heterocycles. The zero-order valence-corrected chi connectivity index (χ0v) is 12.9. The predicted molar refractivity (Wildman–Crippen MR) is 83.8 cm³/mol. The summed E-state index contributed by atoms with van der Waals surface area (Å²) in [5.74, 6) is 0.589. The Hall–Kier alpha value is -1.61. The first kappa shape index (κ1) is 14.8. The summed E-state index contributed by atoms with van der Waals surface area (Å²) < 4.78 is 2.23. The van der Waals surface area contributed by atoms with E-state index in [0.717, 1.165) is 13.1 Å². The summed E-state index contributed by atoms with van der Waals surface area (Å²) >= 11 is 0. The summed E-state index contributed by atoms with van der Waals surface area (Å²) in [7, 11) is 0. The van der Waals surface area contributed by atoms with E-state index in [1.54, 1.807) is 0 Å². The number of hydrogen-bond acceptors (Lipinski definition) is 2. The number of hydrogen-bond donors (Lipinski definition) is 1. The smallest absolute Gasteiger partial charge is 0.0485 e. The number of aryl methyl sites for hydroxylation is 1. The largest absolute Gasteiger partial charge is 0.350 e. The van der Waals surface area contributed by atoms with Gasteiger partial charge in [0, 0.05) is 37.4 Å². The summed E-state index contributed by atoms with van der Waals surface area (Å²) in [5.41, 5.74) is 3.82.